The Morgan fingerprint density at radius 2 is 2.29 bits per heavy atom. The molecule has 2 rings (SSSR count). The van der Waals surface area contributed by atoms with Crippen molar-refractivity contribution in [2.24, 2.45) is 5.73 Å². The summed E-state index contributed by atoms with van der Waals surface area (Å²) in [4.78, 5) is 8.20. The van der Waals surface area contributed by atoms with E-state index in [1.54, 1.807) is 11.3 Å². The first-order valence-electron chi connectivity index (χ1n) is 5.19. The van der Waals surface area contributed by atoms with E-state index in [1.165, 1.54) is 17.7 Å². The van der Waals surface area contributed by atoms with Gasteiger partial charge in [0.15, 0.2) is 5.13 Å². The van der Waals surface area contributed by atoms with Gasteiger partial charge in [-0.1, -0.05) is 0 Å². The van der Waals surface area contributed by atoms with E-state index < -0.39 is 0 Å². The summed E-state index contributed by atoms with van der Waals surface area (Å²) < 4.78 is 0. The highest BCUT2D eigenvalue weighted by atomic mass is 32.1. The number of hydrogen-bond donors (Lipinski definition) is 1. The van der Waals surface area contributed by atoms with Crippen LogP contribution in [-0.2, 0) is 6.54 Å². The van der Waals surface area contributed by atoms with Crippen LogP contribution in [-0.4, -0.2) is 17.6 Å². The number of hydrogen-bond acceptors (Lipinski definition) is 4. The Hall–Kier alpha value is -0.610. The third kappa shape index (κ3) is 1.77. The fourth-order valence-corrected chi connectivity index (χ4v) is 2.74. The first kappa shape index (κ1) is 9.93. The largest absolute Gasteiger partial charge is 0.345 e. The molecule has 1 aliphatic carbocycles. The van der Waals surface area contributed by atoms with Crippen molar-refractivity contribution in [3.8, 4) is 0 Å². The van der Waals surface area contributed by atoms with Crippen LogP contribution in [0.4, 0.5) is 5.13 Å². The molecule has 4 heteroatoms. The SMILES string of the molecule is CCN(c1nc(C)c(CN)s1)C1CC1. The Labute approximate surface area is 88.9 Å². The maximum atomic E-state index is 5.65. The summed E-state index contributed by atoms with van der Waals surface area (Å²) in [5, 5.41) is 1.16. The van der Waals surface area contributed by atoms with Gasteiger partial charge < -0.3 is 10.6 Å². The topological polar surface area (TPSA) is 42.2 Å². The second-order valence-electron chi connectivity index (χ2n) is 3.73. The van der Waals surface area contributed by atoms with Crippen LogP contribution in [0.2, 0.25) is 0 Å². The number of rotatable bonds is 4. The molecule has 1 saturated carbocycles. The minimum atomic E-state index is 0.617. The van der Waals surface area contributed by atoms with Crippen molar-refractivity contribution >= 4 is 16.5 Å². The van der Waals surface area contributed by atoms with Crippen molar-refractivity contribution in [1.29, 1.82) is 0 Å². The maximum absolute atomic E-state index is 5.65. The molecule has 0 aliphatic heterocycles. The van der Waals surface area contributed by atoms with Crippen LogP contribution in [0.15, 0.2) is 0 Å². The molecule has 14 heavy (non-hydrogen) atoms. The summed E-state index contributed by atoms with van der Waals surface area (Å²) in [7, 11) is 0. The minimum absolute atomic E-state index is 0.617. The summed E-state index contributed by atoms with van der Waals surface area (Å²) in [6.45, 7) is 5.91. The van der Waals surface area contributed by atoms with Gasteiger partial charge in [0.1, 0.15) is 0 Å². The third-order valence-corrected chi connectivity index (χ3v) is 3.86. The summed E-state index contributed by atoms with van der Waals surface area (Å²) in [5.74, 6) is 0. The van der Waals surface area contributed by atoms with Crippen LogP contribution in [0.5, 0.6) is 0 Å². The quantitative estimate of drug-likeness (QED) is 0.827. The van der Waals surface area contributed by atoms with Crippen molar-refractivity contribution in [3.63, 3.8) is 0 Å². The molecule has 1 fully saturated rings. The molecule has 78 valence electrons. The first-order valence-corrected chi connectivity index (χ1v) is 6.01. The summed E-state index contributed by atoms with van der Waals surface area (Å²) in [5.41, 5.74) is 6.75. The van der Waals surface area contributed by atoms with Gasteiger partial charge in [0.25, 0.3) is 0 Å². The number of thiazole rings is 1. The van der Waals surface area contributed by atoms with E-state index in [1.807, 2.05) is 6.92 Å². The van der Waals surface area contributed by atoms with Crippen molar-refractivity contribution in [3.05, 3.63) is 10.6 Å². The lowest BCUT2D eigenvalue weighted by molar-refractivity contribution is 0.819. The minimum Gasteiger partial charge on any atom is -0.345 e. The van der Waals surface area contributed by atoms with E-state index in [0.717, 1.165) is 23.4 Å². The van der Waals surface area contributed by atoms with Gasteiger partial charge in [-0.3, -0.25) is 0 Å². The van der Waals surface area contributed by atoms with Gasteiger partial charge in [-0.05, 0) is 26.7 Å². The second-order valence-corrected chi connectivity index (χ2v) is 4.79. The Kier molecular flexibility index (Phi) is 2.74. The summed E-state index contributed by atoms with van der Waals surface area (Å²) in [6.07, 6.45) is 2.65. The van der Waals surface area contributed by atoms with E-state index >= 15 is 0 Å². The zero-order valence-corrected chi connectivity index (χ0v) is 9.60. The predicted molar refractivity (Wildman–Crippen MR) is 60.8 cm³/mol. The molecule has 1 aromatic rings. The van der Waals surface area contributed by atoms with Gasteiger partial charge in [-0.2, -0.15) is 0 Å². The maximum Gasteiger partial charge on any atom is 0.186 e. The fourth-order valence-electron chi connectivity index (χ4n) is 1.66. The summed E-state index contributed by atoms with van der Waals surface area (Å²) >= 11 is 1.75. The zero-order valence-electron chi connectivity index (χ0n) is 8.79. The Bertz CT molecular complexity index is 317. The molecule has 0 aromatic carbocycles. The van der Waals surface area contributed by atoms with Crippen molar-refractivity contribution < 1.29 is 0 Å². The molecule has 0 bridgehead atoms. The average molecular weight is 211 g/mol. The van der Waals surface area contributed by atoms with Crippen LogP contribution in [0, 0.1) is 6.92 Å². The van der Waals surface area contributed by atoms with Crippen molar-refractivity contribution in [2.75, 3.05) is 11.4 Å². The average Bonchev–Trinajstić information content (AvgIpc) is 2.92. The van der Waals surface area contributed by atoms with Gasteiger partial charge >= 0.3 is 0 Å². The highest BCUT2D eigenvalue weighted by Gasteiger charge is 2.30. The van der Waals surface area contributed by atoms with Gasteiger partial charge in [-0.15, -0.1) is 11.3 Å². The molecule has 1 heterocycles. The summed E-state index contributed by atoms with van der Waals surface area (Å²) in [6, 6.07) is 0.746. The van der Waals surface area contributed by atoms with E-state index in [-0.39, 0.29) is 0 Å². The standard InChI is InChI=1S/C10H17N3S/c1-3-13(8-4-5-8)10-12-7(2)9(6-11)14-10/h8H,3-6,11H2,1-2H3. The molecule has 2 N–H and O–H groups in total. The lowest BCUT2D eigenvalue weighted by Crippen LogP contribution is -2.24. The smallest absolute Gasteiger partial charge is 0.186 e. The van der Waals surface area contributed by atoms with Gasteiger partial charge in [0.2, 0.25) is 0 Å². The van der Waals surface area contributed by atoms with E-state index in [9.17, 15) is 0 Å². The first-order chi connectivity index (χ1) is 6.76. The normalized spacial score (nSPS) is 15.9. The molecule has 1 aliphatic rings. The van der Waals surface area contributed by atoms with E-state index in [0.29, 0.717) is 6.54 Å². The van der Waals surface area contributed by atoms with E-state index in [2.05, 4.69) is 16.8 Å². The number of anilines is 1. The molecule has 0 atom stereocenters. The molecule has 0 radical (unpaired) electrons. The van der Waals surface area contributed by atoms with Gasteiger partial charge in [0, 0.05) is 24.0 Å². The Balaban J connectivity index is 2.20. The van der Waals surface area contributed by atoms with Crippen LogP contribution in [0.1, 0.15) is 30.3 Å². The van der Waals surface area contributed by atoms with Crippen LogP contribution < -0.4 is 10.6 Å². The Morgan fingerprint density at radius 3 is 2.71 bits per heavy atom. The Morgan fingerprint density at radius 1 is 1.57 bits per heavy atom. The third-order valence-electron chi connectivity index (χ3n) is 2.64. The number of nitrogens with two attached hydrogens (primary N) is 1. The van der Waals surface area contributed by atoms with Crippen molar-refractivity contribution in [2.45, 2.75) is 39.3 Å². The number of nitrogens with zero attached hydrogens (tertiary/aromatic N) is 2. The zero-order chi connectivity index (χ0) is 10.1. The highest BCUT2D eigenvalue weighted by Crippen LogP contribution is 2.34. The molecule has 0 amide bonds. The highest BCUT2D eigenvalue weighted by molar-refractivity contribution is 7.15. The molecule has 1 aromatic heterocycles. The molecule has 0 unspecified atom stereocenters. The molecule has 0 spiro atoms. The number of aryl methyl sites for hydroxylation is 1. The van der Waals surface area contributed by atoms with E-state index in [4.69, 9.17) is 5.73 Å². The van der Waals surface area contributed by atoms with Crippen LogP contribution >= 0.6 is 11.3 Å². The second kappa shape index (κ2) is 3.87. The van der Waals surface area contributed by atoms with Gasteiger partial charge in [0.05, 0.1) is 5.69 Å². The molecular weight excluding hydrogens is 194 g/mol. The lowest BCUT2D eigenvalue weighted by atomic mass is 10.4. The fraction of sp³-hybridized carbons (Fsp3) is 0.700. The molecule has 0 saturated heterocycles. The van der Waals surface area contributed by atoms with Gasteiger partial charge in [-0.25, -0.2) is 4.98 Å². The monoisotopic (exact) mass is 211 g/mol. The van der Waals surface area contributed by atoms with Crippen LogP contribution in [0.3, 0.4) is 0 Å². The predicted octanol–water partition coefficient (Wildman–Crippen LogP) is 1.90. The lowest BCUT2D eigenvalue weighted by Gasteiger charge is -2.18. The number of aromatic nitrogens is 1. The van der Waals surface area contributed by atoms with Crippen LogP contribution in [0.25, 0.3) is 0 Å². The molecule has 3 nitrogen and oxygen atoms in total. The molecular formula is C10H17N3S. The van der Waals surface area contributed by atoms with Crippen molar-refractivity contribution in [1.82, 2.24) is 4.98 Å².